The second kappa shape index (κ2) is 8.83. The molecule has 34 heavy (non-hydrogen) atoms. The first kappa shape index (κ1) is 22.0. The van der Waals surface area contributed by atoms with Crippen molar-refractivity contribution in [3.63, 3.8) is 0 Å². The summed E-state index contributed by atoms with van der Waals surface area (Å²) in [6.45, 7) is 1.45. The van der Waals surface area contributed by atoms with E-state index in [-0.39, 0.29) is 30.1 Å². The molecular formula is C25H25N5O4. The zero-order chi connectivity index (χ0) is 23.8. The van der Waals surface area contributed by atoms with Crippen LogP contribution in [0, 0.1) is 5.92 Å². The van der Waals surface area contributed by atoms with E-state index in [0.717, 1.165) is 11.1 Å². The number of nitrogens with two attached hydrogens (primary N) is 1. The Labute approximate surface area is 196 Å². The van der Waals surface area contributed by atoms with Gasteiger partial charge in [0.25, 0.3) is 0 Å². The molecular weight excluding hydrogens is 434 g/mol. The van der Waals surface area contributed by atoms with Crippen molar-refractivity contribution < 1.29 is 19.1 Å². The molecule has 3 aliphatic rings. The average molecular weight is 460 g/mol. The molecule has 1 fully saturated rings. The summed E-state index contributed by atoms with van der Waals surface area (Å²) in [5, 5.41) is 11.6. The number of hydrogen-bond acceptors (Lipinski definition) is 7. The van der Waals surface area contributed by atoms with Crippen LogP contribution in [0.2, 0.25) is 0 Å². The largest absolute Gasteiger partial charge is 0.497 e. The number of Topliss-reactive ketones (excluding diaryl/α,β-unsaturated/α-hetero) is 1. The first-order valence-corrected chi connectivity index (χ1v) is 11.2. The van der Waals surface area contributed by atoms with Gasteiger partial charge in [0.15, 0.2) is 5.78 Å². The Morgan fingerprint density at radius 2 is 1.88 bits per heavy atom. The Bertz CT molecular complexity index is 1230. The molecule has 0 aromatic heterocycles. The van der Waals surface area contributed by atoms with Gasteiger partial charge in [-0.05, 0) is 61.8 Å². The number of anilines is 1. The number of fused-ring (bicyclic) bond motifs is 3. The fourth-order valence-electron chi connectivity index (χ4n) is 4.83. The Hall–Kier alpha value is -3.85. The van der Waals surface area contributed by atoms with Crippen LogP contribution in [0.25, 0.3) is 5.70 Å². The minimum atomic E-state index is -0.468. The van der Waals surface area contributed by atoms with Crippen LogP contribution in [-0.4, -0.2) is 49.2 Å². The van der Waals surface area contributed by atoms with Gasteiger partial charge in [-0.15, -0.1) is 0 Å². The SMILES string of the molecule is COc1ccc(C2=C3C(=O)c4c(NC(=O)CN5CCC(C(N)=O)CC5)cccc4C3N=N2)cc1. The molecule has 0 saturated carbocycles. The standard InChI is InChI=1S/C25H25N5O4/c1-34-16-7-5-14(6-8-16)22-21-23(29-28-22)17-3-2-4-18(20(17)24(21)32)27-19(31)13-30-11-9-15(10-12-30)25(26)33/h2-8,15,23H,9-13H2,1H3,(H2,26,33)(H,27,31). The average Bonchev–Trinajstić information content (AvgIpc) is 3.40. The van der Waals surface area contributed by atoms with Gasteiger partial charge in [-0.1, -0.05) is 12.1 Å². The van der Waals surface area contributed by atoms with Crippen molar-refractivity contribution in [2.45, 2.75) is 18.9 Å². The Kier molecular flexibility index (Phi) is 5.70. The number of likely N-dealkylation sites (tertiary alicyclic amines) is 1. The number of hydrogen-bond donors (Lipinski definition) is 2. The third-order valence-corrected chi connectivity index (χ3v) is 6.66. The summed E-state index contributed by atoms with van der Waals surface area (Å²) in [6, 6.07) is 12.3. The molecule has 0 bridgehead atoms. The number of benzene rings is 2. The molecule has 1 aliphatic carbocycles. The van der Waals surface area contributed by atoms with E-state index >= 15 is 0 Å². The zero-order valence-electron chi connectivity index (χ0n) is 18.8. The maximum absolute atomic E-state index is 13.5. The number of methoxy groups -OCH3 is 1. The highest BCUT2D eigenvalue weighted by atomic mass is 16.5. The topological polar surface area (TPSA) is 126 Å². The van der Waals surface area contributed by atoms with E-state index in [1.165, 1.54) is 0 Å². The van der Waals surface area contributed by atoms with Gasteiger partial charge >= 0.3 is 0 Å². The lowest BCUT2D eigenvalue weighted by atomic mass is 9.96. The van der Waals surface area contributed by atoms with Gasteiger partial charge in [-0.3, -0.25) is 19.3 Å². The molecule has 2 heterocycles. The van der Waals surface area contributed by atoms with Crippen LogP contribution in [0.5, 0.6) is 5.75 Å². The van der Waals surface area contributed by atoms with Crippen molar-refractivity contribution in [1.29, 1.82) is 0 Å². The maximum Gasteiger partial charge on any atom is 0.238 e. The van der Waals surface area contributed by atoms with E-state index in [1.807, 2.05) is 41.3 Å². The monoisotopic (exact) mass is 459 g/mol. The van der Waals surface area contributed by atoms with Crippen LogP contribution >= 0.6 is 0 Å². The van der Waals surface area contributed by atoms with Crippen LogP contribution < -0.4 is 15.8 Å². The minimum absolute atomic E-state index is 0.129. The van der Waals surface area contributed by atoms with Crippen LogP contribution in [0.15, 0.2) is 58.3 Å². The number of piperidine rings is 1. The lowest BCUT2D eigenvalue weighted by Gasteiger charge is -2.29. The molecule has 1 saturated heterocycles. The van der Waals surface area contributed by atoms with E-state index in [1.54, 1.807) is 13.2 Å². The van der Waals surface area contributed by atoms with E-state index < -0.39 is 6.04 Å². The molecule has 1 atom stereocenters. The number of ether oxygens (including phenoxy) is 1. The number of amides is 2. The summed E-state index contributed by atoms with van der Waals surface area (Å²) in [5.74, 6) is -0.0778. The van der Waals surface area contributed by atoms with Gasteiger partial charge in [-0.2, -0.15) is 10.2 Å². The molecule has 174 valence electrons. The molecule has 9 nitrogen and oxygen atoms in total. The van der Waals surface area contributed by atoms with E-state index in [9.17, 15) is 14.4 Å². The van der Waals surface area contributed by atoms with E-state index in [4.69, 9.17) is 10.5 Å². The fourth-order valence-corrected chi connectivity index (χ4v) is 4.83. The summed E-state index contributed by atoms with van der Waals surface area (Å²) >= 11 is 0. The second-order valence-electron chi connectivity index (χ2n) is 8.71. The molecule has 9 heteroatoms. The predicted molar refractivity (Wildman–Crippen MR) is 125 cm³/mol. The fraction of sp³-hybridized carbons (Fsp3) is 0.320. The Balaban J connectivity index is 1.34. The number of nitrogens with zero attached hydrogens (tertiary/aromatic N) is 3. The summed E-state index contributed by atoms with van der Waals surface area (Å²) in [7, 11) is 1.60. The smallest absolute Gasteiger partial charge is 0.238 e. The van der Waals surface area contributed by atoms with Crippen molar-refractivity contribution in [1.82, 2.24) is 4.90 Å². The van der Waals surface area contributed by atoms with Crippen LogP contribution in [0.1, 0.15) is 40.4 Å². The number of carbonyl (C=O) groups excluding carboxylic acids is 3. The molecule has 5 rings (SSSR count). The van der Waals surface area contributed by atoms with Crippen LogP contribution in [0.3, 0.4) is 0 Å². The highest BCUT2D eigenvalue weighted by Gasteiger charge is 2.42. The van der Waals surface area contributed by atoms with Crippen molar-refractivity contribution in [3.8, 4) is 5.75 Å². The van der Waals surface area contributed by atoms with Gasteiger partial charge in [0, 0.05) is 11.5 Å². The second-order valence-corrected chi connectivity index (χ2v) is 8.71. The lowest BCUT2D eigenvalue weighted by Crippen LogP contribution is -2.42. The third-order valence-electron chi connectivity index (χ3n) is 6.66. The Morgan fingerprint density at radius 3 is 2.56 bits per heavy atom. The predicted octanol–water partition coefficient (Wildman–Crippen LogP) is 2.95. The normalized spacial score (nSPS) is 19.8. The van der Waals surface area contributed by atoms with Crippen LogP contribution in [0.4, 0.5) is 5.69 Å². The Morgan fingerprint density at radius 1 is 1.15 bits per heavy atom. The minimum Gasteiger partial charge on any atom is -0.497 e. The zero-order valence-corrected chi connectivity index (χ0v) is 18.8. The van der Waals surface area contributed by atoms with Crippen molar-refractivity contribution in [2.75, 3.05) is 32.1 Å². The lowest BCUT2D eigenvalue weighted by molar-refractivity contribution is -0.123. The molecule has 2 aromatic rings. The van der Waals surface area contributed by atoms with Gasteiger partial charge in [0.1, 0.15) is 17.5 Å². The maximum atomic E-state index is 13.5. The molecule has 3 N–H and O–H groups in total. The summed E-state index contributed by atoms with van der Waals surface area (Å²) in [5.41, 5.74) is 8.93. The van der Waals surface area contributed by atoms with Gasteiger partial charge in [0.05, 0.1) is 30.5 Å². The number of nitrogens with one attached hydrogen (secondary N) is 1. The van der Waals surface area contributed by atoms with Gasteiger partial charge in [0.2, 0.25) is 11.8 Å². The highest BCUT2D eigenvalue weighted by molar-refractivity contribution is 6.22. The summed E-state index contributed by atoms with van der Waals surface area (Å²) in [6.07, 6.45) is 1.30. The molecule has 1 unspecified atom stereocenters. The molecule has 2 aromatic carbocycles. The van der Waals surface area contributed by atoms with Crippen LogP contribution in [-0.2, 0) is 9.59 Å². The van der Waals surface area contributed by atoms with Crippen molar-refractivity contribution in [3.05, 3.63) is 64.7 Å². The van der Waals surface area contributed by atoms with Gasteiger partial charge < -0.3 is 15.8 Å². The molecule has 2 aliphatic heterocycles. The third kappa shape index (κ3) is 3.88. The summed E-state index contributed by atoms with van der Waals surface area (Å²) < 4.78 is 5.21. The first-order valence-electron chi connectivity index (χ1n) is 11.2. The number of ketones is 1. The quantitative estimate of drug-likeness (QED) is 0.687. The van der Waals surface area contributed by atoms with Gasteiger partial charge in [-0.25, -0.2) is 0 Å². The number of primary amides is 1. The van der Waals surface area contributed by atoms with E-state index in [0.29, 0.717) is 54.2 Å². The number of rotatable bonds is 6. The van der Waals surface area contributed by atoms with E-state index in [2.05, 4.69) is 15.5 Å². The molecule has 0 radical (unpaired) electrons. The number of azo groups is 1. The first-order chi connectivity index (χ1) is 16.5. The van der Waals surface area contributed by atoms with Crippen molar-refractivity contribution in [2.24, 2.45) is 21.9 Å². The summed E-state index contributed by atoms with van der Waals surface area (Å²) in [4.78, 5) is 39.6. The molecule has 2 amide bonds. The van der Waals surface area contributed by atoms with Crippen molar-refractivity contribution >= 4 is 29.0 Å². The number of carbonyl (C=O) groups is 3. The highest BCUT2D eigenvalue weighted by Crippen LogP contribution is 2.49. The molecule has 0 spiro atoms.